The molecule has 0 unspecified atom stereocenters. The van der Waals surface area contributed by atoms with Gasteiger partial charge in [-0.15, -0.1) is 11.3 Å². The Hall–Kier alpha value is -1.62. The van der Waals surface area contributed by atoms with E-state index in [-0.39, 0.29) is 11.9 Å². The molecule has 104 valence electrons. The van der Waals surface area contributed by atoms with Gasteiger partial charge in [0.1, 0.15) is 0 Å². The molecule has 0 spiro atoms. The van der Waals surface area contributed by atoms with E-state index in [1.807, 2.05) is 25.7 Å². The van der Waals surface area contributed by atoms with Crippen molar-refractivity contribution in [2.75, 3.05) is 6.54 Å². The van der Waals surface area contributed by atoms with Crippen LogP contribution in [-0.4, -0.2) is 34.5 Å². The lowest BCUT2D eigenvalue weighted by Crippen LogP contribution is -2.37. The lowest BCUT2D eigenvalue weighted by Gasteiger charge is -2.25. The zero-order chi connectivity index (χ0) is 14.4. The molecule has 0 saturated heterocycles. The van der Waals surface area contributed by atoms with Gasteiger partial charge in [-0.2, -0.15) is 0 Å². The fourth-order valence-electron chi connectivity index (χ4n) is 1.69. The van der Waals surface area contributed by atoms with Gasteiger partial charge in [0.2, 0.25) is 0 Å². The van der Waals surface area contributed by atoms with Gasteiger partial charge in [-0.05, 0) is 38.5 Å². The van der Waals surface area contributed by atoms with E-state index in [1.54, 1.807) is 12.1 Å². The predicted octanol–water partition coefficient (Wildman–Crippen LogP) is 3.11. The van der Waals surface area contributed by atoms with Crippen molar-refractivity contribution in [3.05, 3.63) is 28.0 Å². The summed E-state index contributed by atoms with van der Waals surface area (Å²) < 4.78 is 0. The molecular weight excluding hydrogens is 262 g/mol. The molecule has 0 aliphatic heterocycles. The van der Waals surface area contributed by atoms with Crippen LogP contribution in [0.1, 0.15) is 41.7 Å². The number of carboxylic acid groups (broad SMARTS) is 1. The summed E-state index contributed by atoms with van der Waals surface area (Å²) in [4.78, 5) is 26.0. The lowest BCUT2D eigenvalue weighted by atomic mass is 10.2. The molecule has 1 aromatic rings. The number of nitrogens with zero attached hydrogens (tertiary/aromatic N) is 1. The molecule has 4 nitrogen and oxygen atoms in total. The Bertz CT molecular complexity index is 477. The van der Waals surface area contributed by atoms with Gasteiger partial charge in [0.05, 0.1) is 4.88 Å². The smallest absolute Gasteiger partial charge is 0.328 e. The molecule has 1 aromatic heterocycles. The second kappa shape index (κ2) is 7.09. The van der Waals surface area contributed by atoms with Crippen molar-refractivity contribution in [1.82, 2.24) is 4.90 Å². The third-order valence-corrected chi connectivity index (χ3v) is 3.61. The fourth-order valence-corrected chi connectivity index (χ4v) is 2.55. The molecule has 0 aromatic carbocycles. The van der Waals surface area contributed by atoms with Crippen molar-refractivity contribution in [2.45, 2.75) is 33.2 Å². The number of carbonyl (C=O) groups is 2. The summed E-state index contributed by atoms with van der Waals surface area (Å²) in [5, 5.41) is 8.56. The molecule has 1 N–H and O–H groups in total. The van der Waals surface area contributed by atoms with Crippen LogP contribution in [-0.2, 0) is 4.79 Å². The van der Waals surface area contributed by atoms with E-state index in [0.717, 1.165) is 23.9 Å². The first kappa shape index (κ1) is 15.4. The van der Waals surface area contributed by atoms with Crippen LogP contribution < -0.4 is 0 Å². The molecule has 19 heavy (non-hydrogen) atoms. The first-order chi connectivity index (χ1) is 8.95. The number of thiophene rings is 1. The van der Waals surface area contributed by atoms with Crippen LogP contribution in [0.25, 0.3) is 6.08 Å². The highest BCUT2D eigenvalue weighted by Crippen LogP contribution is 2.20. The molecule has 0 atom stereocenters. The van der Waals surface area contributed by atoms with Crippen LogP contribution in [0.3, 0.4) is 0 Å². The topological polar surface area (TPSA) is 57.6 Å². The Kier molecular flexibility index (Phi) is 5.76. The van der Waals surface area contributed by atoms with E-state index in [1.165, 1.54) is 17.4 Å². The van der Waals surface area contributed by atoms with Crippen molar-refractivity contribution >= 4 is 29.3 Å². The zero-order valence-corrected chi connectivity index (χ0v) is 12.2. The van der Waals surface area contributed by atoms with Gasteiger partial charge < -0.3 is 10.0 Å². The average Bonchev–Trinajstić information content (AvgIpc) is 2.81. The maximum Gasteiger partial charge on any atom is 0.328 e. The first-order valence-corrected chi connectivity index (χ1v) is 7.09. The SMILES string of the molecule is CCCN(C(=O)c1ccc(/C=C/C(=O)O)s1)C(C)C. The minimum atomic E-state index is -0.990. The summed E-state index contributed by atoms with van der Waals surface area (Å²) in [5.74, 6) is -0.979. The van der Waals surface area contributed by atoms with E-state index in [4.69, 9.17) is 5.11 Å². The quantitative estimate of drug-likeness (QED) is 0.815. The maximum absolute atomic E-state index is 12.3. The Morgan fingerprint density at radius 1 is 1.42 bits per heavy atom. The molecule has 1 rings (SSSR count). The van der Waals surface area contributed by atoms with Crippen molar-refractivity contribution in [3.8, 4) is 0 Å². The summed E-state index contributed by atoms with van der Waals surface area (Å²) in [6.07, 6.45) is 3.50. The van der Waals surface area contributed by atoms with Gasteiger partial charge in [-0.3, -0.25) is 4.79 Å². The molecule has 0 radical (unpaired) electrons. The molecule has 0 aliphatic rings. The molecule has 0 bridgehead atoms. The summed E-state index contributed by atoms with van der Waals surface area (Å²) in [5.41, 5.74) is 0. The first-order valence-electron chi connectivity index (χ1n) is 6.27. The van der Waals surface area contributed by atoms with Crippen molar-refractivity contribution < 1.29 is 14.7 Å². The number of carbonyl (C=O) groups excluding carboxylic acids is 1. The summed E-state index contributed by atoms with van der Waals surface area (Å²) in [6.45, 7) is 6.76. The van der Waals surface area contributed by atoms with Crippen molar-refractivity contribution in [2.24, 2.45) is 0 Å². The van der Waals surface area contributed by atoms with Gasteiger partial charge in [0, 0.05) is 23.5 Å². The second-order valence-electron chi connectivity index (χ2n) is 4.47. The maximum atomic E-state index is 12.3. The van der Waals surface area contributed by atoms with Crippen molar-refractivity contribution in [3.63, 3.8) is 0 Å². The number of rotatable bonds is 6. The van der Waals surface area contributed by atoms with E-state index >= 15 is 0 Å². The molecule has 1 heterocycles. The molecule has 5 heteroatoms. The third kappa shape index (κ3) is 4.52. The Balaban J connectivity index is 2.85. The largest absolute Gasteiger partial charge is 0.478 e. The van der Waals surface area contributed by atoms with Gasteiger partial charge >= 0.3 is 5.97 Å². The van der Waals surface area contributed by atoms with Gasteiger partial charge in [-0.1, -0.05) is 6.92 Å². The number of hydrogen-bond acceptors (Lipinski definition) is 3. The van der Waals surface area contributed by atoms with E-state index in [0.29, 0.717) is 4.88 Å². The van der Waals surface area contributed by atoms with Crippen LogP contribution >= 0.6 is 11.3 Å². The number of hydrogen-bond donors (Lipinski definition) is 1. The van der Waals surface area contributed by atoms with E-state index in [9.17, 15) is 9.59 Å². The van der Waals surface area contributed by atoms with Gasteiger partial charge in [0.15, 0.2) is 0 Å². The standard InChI is InChI=1S/C14H19NO3S/c1-4-9-15(10(2)3)14(18)12-7-5-11(19-12)6-8-13(16)17/h5-8,10H,4,9H2,1-3H3,(H,16,17)/b8-6+. The van der Waals surface area contributed by atoms with Gasteiger partial charge in [-0.25, -0.2) is 4.79 Å². The fraction of sp³-hybridized carbons (Fsp3) is 0.429. The monoisotopic (exact) mass is 281 g/mol. The highest BCUT2D eigenvalue weighted by molar-refractivity contribution is 7.14. The minimum Gasteiger partial charge on any atom is -0.478 e. The van der Waals surface area contributed by atoms with Crippen LogP contribution in [0.5, 0.6) is 0 Å². The van der Waals surface area contributed by atoms with Crippen LogP contribution in [0.4, 0.5) is 0 Å². The Morgan fingerprint density at radius 2 is 2.11 bits per heavy atom. The zero-order valence-electron chi connectivity index (χ0n) is 11.4. The Labute approximate surface area is 117 Å². The molecular formula is C14H19NO3S. The van der Waals surface area contributed by atoms with E-state index < -0.39 is 5.97 Å². The highest BCUT2D eigenvalue weighted by atomic mass is 32.1. The molecule has 0 saturated carbocycles. The van der Waals surface area contributed by atoms with Crippen LogP contribution in [0, 0.1) is 0 Å². The Morgan fingerprint density at radius 3 is 2.63 bits per heavy atom. The third-order valence-electron chi connectivity index (χ3n) is 2.58. The number of aliphatic carboxylic acids is 1. The summed E-state index contributed by atoms with van der Waals surface area (Å²) in [7, 11) is 0. The summed E-state index contributed by atoms with van der Waals surface area (Å²) >= 11 is 1.31. The number of amides is 1. The average molecular weight is 281 g/mol. The minimum absolute atomic E-state index is 0.0109. The van der Waals surface area contributed by atoms with E-state index in [2.05, 4.69) is 0 Å². The second-order valence-corrected chi connectivity index (χ2v) is 5.58. The molecule has 0 aliphatic carbocycles. The van der Waals surface area contributed by atoms with Gasteiger partial charge in [0.25, 0.3) is 5.91 Å². The molecule has 0 fully saturated rings. The predicted molar refractivity (Wildman–Crippen MR) is 77.5 cm³/mol. The normalized spacial score (nSPS) is 11.2. The highest BCUT2D eigenvalue weighted by Gasteiger charge is 2.19. The summed E-state index contributed by atoms with van der Waals surface area (Å²) in [6, 6.07) is 3.68. The lowest BCUT2D eigenvalue weighted by molar-refractivity contribution is -0.131. The number of carboxylic acids is 1. The van der Waals surface area contributed by atoms with Crippen LogP contribution in [0.15, 0.2) is 18.2 Å². The van der Waals surface area contributed by atoms with Crippen LogP contribution in [0.2, 0.25) is 0 Å². The van der Waals surface area contributed by atoms with Crippen molar-refractivity contribution in [1.29, 1.82) is 0 Å². The molecule has 1 amide bonds.